The monoisotopic (exact) mass is 295 g/mol. The first kappa shape index (κ1) is 15.9. The molecule has 0 aromatic carbocycles. The predicted octanol–water partition coefficient (Wildman–Crippen LogP) is 2.66. The third-order valence-corrected chi connectivity index (χ3v) is 4.53. The van der Waals surface area contributed by atoms with E-state index in [1.807, 2.05) is 0 Å². The van der Waals surface area contributed by atoms with Crippen LogP contribution in [-0.4, -0.2) is 31.8 Å². The molecule has 0 saturated heterocycles. The summed E-state index contributed by atoms with van der Waals surface area (Å²) in [6.07, 6.45) is 6.13. The molecule has 2 rings (SSSR count). The molecule has 0 aliphatic heterocycles. The second-order valence-electron chi connectivity index (χ2n) is 6.22. The Labute approximate surface area is 126 Å². The fourth-order valence-corrected chi connectivity index (χ4v) is 3.50. The standard InChI is InChI=1S/C16H25NO4/c1-11(2)15(18)20-6-7-21-16(19)17-10-14-9-12-4-3-5-13(14)8-12/h12-14H,1,3-10H2,2H3,(H,17,19). The highest BCUT2D eigenvalue weighted by Gasteiger charge is 2.36. The number of ether oxygens (including phenoxy) is 2. The van der Waals surface area contributed by atoms with Gasteiger partial charge in [0.1, 0.15) is 13.2 Å². The Balaban J connectivity index is 1.56. The molecule has 2 aliphatic rings. The van der Waals surface area contributed by atoms with Crippen LogP contribution in [0, 0.1) is 17.8 Å². The Hall–Kier alpha value is -1.52. The quantitative estimate of drug-likeness (QED) is 0.465. The van der Waals surface area contributed by atoms with Crippen molar-refractivity contribution in [3.05, 3.63) is 12.2 Å². The molecule has 0 spiro atoms. The van der Waals surface area contributed by atoms with Gasteiger partial charge in [-0.3, -0.25) is 0 Å². The SMILES string of the molecule is C=C(C)C(=O)OCCOC(=O)NCC1CC2CCCC1C2. The fraction of sp³-hybridized carbons (Fsp3) is 0.750. The summed E-state index contributed by atoms with van der Waals surface area (Å²) in [5.41, 5.74) is 0.340. The molecular weight excluding hydrogens is 270 g/mol. The van der Waals surface area contributed by atoms with E-state index in [1.54, 1.807) is 6.92 Å². The van der Waals surface area contributed by atoms with Crippen LogP contribution in [0.15, 0.2) is 12.2 Å². The number of amides is 1. The molecule has 21 heavy (non-hydrogen) atoms. The van der Waals surface area contributed by atoms with Crippen LogP contribution in [0.25, 0.3) is 0 Å². The second kappa shape index (κ2) is 7.48. The topological polar surface area (TPSA) is 64.6 Å². The van der Waals surface area contributed by atoms with Gasteiger partial charge in [-0.25, -0.2) is 9.59 Å². The zero-order valence-corrected chi connectivity index (χ0v) is 12.7. The maximum atomic E-state index is 11.6. The van der Waals surface area contributed by atoms with Gasteiger partial charge in [0.25, 0.3) is 0 Å². The summed E-state index contributed by atoms with van der Waals surface area (Å²) < 4.78 is 9.83. The van der Waals surface area contributed by atoms with Gasteiger partial charge >= 0.3 is 12.1 Å². The summed E-state index contributed by atoms with van der Waals surface area (Å²) >= 11 is 0. The molecule has 3 unspecified atom stereocenters. The van der Waals surface area contributed by atoms with Crippen molar-refractivity contribution in [2.45, 2.75) is 39.0 Å². The number of fused-ring (bicyclic) bond motifs is 2. The van der Waals surface area contributed by atoms with Gasteiger partial charge in [-0.2, -0.15) is 0 Å². The Bertz CT molecular complexity index is 407. The van der Waals surface area contributed by atoms with Crippen LogP contribution in [0.5, 0.6) is 0 Å². The molecule has 1 N–H and O–H groups in total. The molecule has 2 saturated carbocycles. The highest BCUT2D eigenvalue weighted by atomic mass is 16.6. The van der Waals surface area contributed by atoms with E-state index in [1.165, 1.54) is 32.1 Å². The van der Waals surface area contributed by atoms with Crippen LogP contribution in [-0.2, 0) is 14.3 Å². The van der Waals surface area contributed by atoms with Crippen molar-refractivity contribution in [1.29, 1.82) is 0 Å². The number of alkyl carbamates (subject to hydrolysis) is 1. The van der Waals surface area contributed by atoms with Gasteiger partial charge in [0.2, 0.25) is 0 Å². The minimum absolute atomic E-state index is 0.0627. The number of hydrogen-bond donors (Lipinski definition) is 1. The van der Waals surface area contributed by atoms with Crippen molar-refractivity contribution in [3.8, 4) is 0 Å². The molecule has 5 heteroatoms. The van der Waals surface area contributed by atoms with E-state index in [-0.39, 0.29) is 13.2 Å². The largest absolute Gasteiger partial charge is 0.459 e. The molecule has 118 valence electrons. The zero-order valence-electron chi connectivity index (χ0n) is 12.7. The van der Waals surface area contributed by atoms with E-state index in [2.05, 4.69) is 11.9 Å². The van der Waals surface area contributed by atoms with Gasteiger partial charge in [0.15, 0.2) is 0 Å². The van der Waals surface area contributed by atoms with Crippen molar-refractivity contribution in [3.63, 3.8) is 0 Å². The summed E-state index contributed by atoms with van der Waals surface area (Å²) in [6, 6.07) is 0. The Kier molecular flexibility index (Phi) is 5.65. The van der Waals surface area contributed by atoms with E-state index in [0.717, 1.165) is 11.8 Å². The van der Waals surface area contributed by atoms with Crippen molar-refractivity contribution < 1.29 is 19.1 Å². The normalized spacial score (nSPS) is 27.0. The molecule has 0 heterocycles. The lowest BCUT2D eigenvalue weighted by Crippen LogP contribution is -2.32. The summed E-state index contributed by atoms with van der Waals surface area (Å²) in [4.78, 5) is 22.7. The van der Waals surface area contributed by atoms with Gasteiger partial charge < -0.3 is 14.8 Å². The lowest BCUT2D eigenvalue weighted by molar-refractivity contribution is -0.139. The number of nitrogens with one attached hydrogen (secondary N) is 1. The Morgan fingerprint density at radius 3 is 2.67 bits per heavy atom. The van der Waals surface area contributed by atoms with Crippen LogP contribution >= 0.6 is 0 Å². The van der Waals surface area contributed by atoms with Gasteiger partial charge in [-0.1, -0.05) is 25.8 Å². The first-order chi connectivity index (χ1) is 10.1. The molecule has 2 fully saturated rings. The highest BCUT2D eigenvalue weighted by Crippen LogP contribution is 2.45. The number of carbonyl (C=O) groups excluding carboxylic acids is 2. The van der Waals surface area contributed by atoms with E-state index in [9.17, 15) is 9.59 Å². The lowest BCUT2D eigenvalue weighted by Gasteiger charge is -2.21. The molecule has 3 atom stereocenters. The smallest absolute Gasteiger partial charge is 0.407 e. The van der Waals surface area contributed by atoms with E-state index < -0.39 is 12.1 Å². The predicted molar refractivity (Wildman–Crippen MR) is 78.7 cm³/mol. The molecule has 2 aliphatic carbocycles. The summed E-state index contributed by atoms with van der Waals surface area (Å²) in [5, 5.41) is 2.83. The molecule has 0 radical (unpaired) electrons. The highest BCUT2D eigenvalue weighted by molar-refractivity contribution is 5.86. The molecular formula is C16H25NO4. The molecule has 0 aromatic heterocycles. The first-order valence-corrected chi connectivity index (χ1v) is 7.79. The van der Waals surface area contributed by atoms with Crippen LogP contribution in [0.4, 0.5) is 4.79 Å². The summed E-state index contributed by atoms with van der Waals surface area (Å²) in [6.45, 7) is 5.88. The van der Waals surface area contributed by atoms with E-state index in [0.29, 0.717) is 18.0 Å². The molecule has 1 amide bonds. The number of carbonyl (C=O) groups is 2. The van der Waals surface area contributed by atoms with Crippen molar-refractivity contribution in [1.82, 2.24) is 5.32 Å². The number of hydrogen-bond acceptors (Lipinski definition) is 4. The van der Waals surface area contributed by atoms with E-state index in [4.69, 9.17) is 9.47 Å². The Morgan fingerprint density at radius 1 is 1.19 bits per heavy atom. The first-order valence-electron chi connectivity index (χ1n) is 7.79. The molecule has 2 bridgehead atoms. The zero-order chi connectivity index (χ0) is 15.2. The maximum Gasteiger partial charge on any atom is 0.407 e. The van der Waals surface area contributed by atoms with Gasteiger partial charge in [-0.15, -0.1) is 0 Å². The fourth-order valence-electron chi connectivity index (χ4n) is 3.50. The average Bonchev–Trinajstić information content (AvgIpc) is 2.74. The Morgan fingerprint density at radius 2 is 1.95 bits per heavy atom. The minimum Gasteiger partial charge on any atom is -0.459 e. The summed E-state index contributed by atoms with van der Waals surface area (Å²) in [5.74, 6) is 1.79. The van der Waals surface area contributed by atoms with E-state index >= 15 is 0 Å². The second-order valence-corrected chi connectivity index (χ2v) is 6.22. The minimum atomic E-state index is -0.461. The molecule has 5 nitrogen and oxygen atoms in total. The van der Waals surface area contributed by atoms with Crippen LogP contribution in [0.1, 0.15) is 39.0 Å². The van der Waals surface area contributed by atoms with Gasteiger partial charge in [-0.05, 0) is 37.5 Å². The van der Waals surface area contributed by atoms with Gasteiger partial charge in [0, 0.05) is 12.1 Å². The number of esters is 1. The van der Waals surface area contributed by atoms with Crippen LogP contribution in [0.2, 0.25) is 0 Å². The lowest BCUT2D eigenvalue weighted by atomic mass is 9.87. The number of rotatable bonds is 6. The average molecular weight is 295 g/mol. The van der Waals surface area contributed by atoms with Crippen molar-refractivity contribution in [2.75, 3.05) is 19.8 Å². The maximum absolute atomic E-state index is 11.6. The van der Waals surface area contributed by atoms with Crippen LogP contribution < -0.4 is 5.32 Å². The van der Waals surface area contributed by atoms with Crippen molar-refractivity contribution in [2.24, 2.45) is 17.8 Å². The van der Waals surface area contributed by atoms with Crippen molar-refractivity contribution >= 4 is 12.1 Å². The van der Waals surface area contributed by atoms with Crippen LogP contribution in [0.3, 0.4) is 0 Å². The van der Waals surface area contributed by atoms with Gasteiger partial charge in [0.05, 0.1) is 0 Å². The summed E-state index contributed by atoms with van der Waals surface area (Å²) in [7, 11) is 0. The third-order valence-electron chi connectivity index (χ3n) is 4.53. The third kappa shape index (κ3) is 4.76. The molecule has 0 aromatic rings.